The molecule has 3 aromatic heterocycles. The molecule has 4 rings (SSSR count). The Morgan fingerprint density at radius 1 is 1.29 bits per heavy atom. The van der Waals surface area contributed by atoms with Gasteiger partial charge in [0.1, 0.15) is 4.83 Å². The van der Waals surface area contributed by atoms with E-state index < -0.39 is 5.97 Å². The Balaban J connectivity index is 1.41. The highest BCUT2D eigenvalue weighted by molar-refractivity contribution is 7.18. The number of carbonyl (C=O) groups is 1. The van der Waals surface area contributed by atoms with Gasteiger partial charge in [0.2, 0.25) is 0 Å². The van der Waals surface area contributed by atoms with Gasteiger partial charge in [0.25, 0.3) is 5.56 Å². The second-order valence-corrected chi connectivity index (χ2v) is 7.95. The molecule has 1 aliphatic carbocycles. The molecule has 0 unspecified atom stereocenters. The van der Waals surface area contributed by atoms with E-state index >= 15 is 0 Å². The first-order valence-corrected chi connectivity index (χ1v) is 10.4. The van der Waals surface area contributed by atoms with Crippen molar-refractivity contribution in [1.29, 1.82) is 0 Å². The Kier molecular flexibility index (Phi) is 5.47. The first kappa shape index (κ1) is 18.7. The molecule has 148 valence electrons. The summed E-state index contributed by atoms with van der Waals surface area (Å²) in [6.45, 7) is 2.96. The average Bonchev–Trinajstić information content (AvgIpc) is 3.30. The third kappa shape index (κ3) is 3.68. The average molecular weight is 402 g/mol. The van der Waals surface area contributed by atoms with Crippen LogP contribution in [0.3, 0.4) is 0 Å². The van der Waals surface area contributed by atoms with E-state index in [0.717, 1.165) is 41.5 Å². The first-order valence-electron chi connectivity index (χ1n) is 9.57. The van der Waals surface area contributed by atoms with Crippen LogP contribution in [0.25, 0.3) is 10.2 Å². The SMILES string of the molecule is CCCn1nnnc1COC(=O)CCn1cnc2sc3c(c2c1=O)CCCC3. The Morgan fingerprint density at radius 2 is 2.14 bits per heavy atom. The zero-order chi connectivity index (χ0) is 19.5. The van der Waals surface area contributed by atoms with Crippen LogP contribution < -0.4 is 5.56 Å². The Morgan fingerprint density at radius 3 is 3.00 bits per heavy atom. The first-order chi connectivity index (χ1) is 13.7. The van der Waals surface area contributed by atoms with Gasteiger partial charge in [-0.25, -0.2) is 9.67 Å². The van der Waals surface area contributed by atoms with E-state index in [2.05, 4.69) is 20.5 Å². The fourth-order valence-corrected chi connectivity index (χ4v) is 4.70. The molecule has 0 bridgehead atoms. The summed E-state index contributed by atoms with van der Waals surface area (Å²) in [7, 11) is 0. The molecule has 0 atom stereocenters. The number of ether oxygens (including phenoxy) is 1. The molecule has 0 saturated carbocycles. The van der Waals surface area contributed by atoms with E-state index in [0.29, 0.717) is 12.4 Å². The predicted octanol–water partition coefficient (Wildman–Crippen LogP) is 1.87. The van der Waals surface area contributed by atoms with E-state index in [-0.39, 0.29) is 25.1 Å². The van der Waals surface area contributed by atoms with Crippen molar-refractivity contribution in [2.45, 2.75) is 65.1 Å². The molecule has 0 saturated heterocycles. The van der Waals surface area contributed by atoms with Gasteiger partial charge in [-0.3, -0.25) is 14.2 Å². The molecule has 0 spiro atoms. The van der Waals surface area contributed by atoms with Gasteiger partial charge < -0.3 is 4.74 Å². The summed E-state index contributed by atoms with van der Waals surface area (Å²) in [5.74, 6) is 0.116. The van der Waals surface area contributed by atoms with Gasteiger partial charge in [0.05, 0.1) is 18.1 Å². The van der Waals surface area contributed by atoms with Crippen LogP contribution in [-0.2, 0) is 42.1 Å². The largest absolute Gasteiger partial charge is 0.457 e. The minimum atomic E-state index is -0.398. The minimum Gasteiger partial charge on any atom is -0.457 e. The maximum atomic E-state index is 12.9. The molecule has 3 aromatic rings. The van der Waals surface area contributed by atoms with Crippen molar-refractivity contribution in [2.75, 3.05) is 0 Å². The highest BCUT2D eigenvalue weighted by Crippen LogP contribution is 2.33. The molecule has 0 radical (unpaired) electrons. The van der Waals surface area contributed by atoms with Crippen molar-refractivity contribution >= 4 is 27.5 Å². The van der Waals surface area contributed by atoms with Crippen molar-refractivity contribution in [3.05, 3.63) is 32.9 Å². The lowest BCUT2D eigenvalue weighted by Crippen LogP contribution is -2.23. The lowest BCUT2D eigenvalue weighted by atomic mass is 9.97. The summed E-state index contributed by atoms with van der Waals surface area (Å²) in [6.07, 6.45) is 6.75. The van der Waals surface area contributed by atoms with Crippen LogP contribution in [-0.4, -0.2) is 35.7 Å². The van der Waals surface area contributed by atoms with Gasteiger partial charge in [0.15, 0.2) is 12.4 Å². The molecule has 0 fully saturated rings. The quantitative estimate of drug-likeness (QED) is 0.556. The lowest BCUT2D eigenvalue weighted by Gasteiger charge is -2.10. The molecular formula is C18H22N6O3S. The molecule has 10 heteroatoms. The molecule has 0 aromatic carbocycles. The van der Waals surface area contributed by atoms with E-state index in [1.807, 2.05) is 6.92 Å². The number of carbonyl (C=O) groups excluding carboxylic acids is 1. The van der Waals surface area contributed by atoms with Crippen molar-refractivity contribution in [1.82, 2.24) is 29.8 Å². The number of tetrazole rings is 1. The normalized spacial score (nSPS) is 13.6. The number of thiophene rings is 1. The smallest absolute Gasteiger partial charge is 0.308 e. The van der Waals surface area contributed by atoms with E-state index in [9.17, 15) is 9.59 Å². The van der Waals surface area contributed by atoms with Gasteiger partial charge in [-0.15, -0.1) is 16.4 Å². The van der Waals surface area contributed by atoms with Crippen LogP contribution in [0.2, 0.25) is 0 Å². The highest BCUT2D eigenvalue weighted by Gasteiger charge is 2.20. The van der Waals surface area contributed by atoms with Gasteiger partial charge >= 0.3 is 5.97 Å². The number of aryl methyl sites for hydroxylation is 4. The Labute approximate surface area is 165 Å². The fourth-order valence-electron chi connectivity index (χ4n) is 3.48. The number of rotatable bonds is 7. The monoisotopic (exact) mass is 402 g/mol. The van der Waals surface area contributed by atoms with Crippen molar-refractivity contribution in [3.8, 4) is 0 Å². The maximum Gasteiger partial charge on any atom is 0.308 e. The highest BCUT2D eigenvalue weighted by atomic mass is 32.1. The summed E-state index contributed by atoms with van der Waals surface area (Å²) >= 11 is 1.62. The molecule has 0 N–H and O–H groups in total. The Bertz CT molecular complexity index is 1050. The summed E-state index contributed by atoms with van der Waals surface area (Å²) in [4.78, 5) is 31.5. The van der Waals surface area contributed by atoms with Crippen LogP contribution in [0.15, 0.2) is 11.1 Å². The number of esters is 1. The molecule has 3 heterocycles. The van der Waals surface area contributed by atoms with E-state index in [4.69, 9.17) is 4.74 Å². The number of fused-ring (bicyclic) bond motifs is 3. The summed E-state index contributed by atoms with van der Waals surface area (Å²) in [5, 5.41) is 12.1. The van der Waals surface area contributed by atoms with Crippen LogP contribution >= 0.6 is 11.3 Å². The van der Waals surface area contributed by atoms with Gasteiger partial charge in [0, 0.05) is 18.0 Å². The van der Waals surface area contributed by atoms with Crippen molar-refractivity contribution in [3.63, 3.8) is 0 Å². The van der Waals surface area contributed by atoms with Crippen molar-refractivity contribution in [2.24, 2.45) is 0 Å². The number of aromatic nitrogens is 6. The van der Waals surface area contributed by atoms with Crippen molar-refractivity contribution < 1.29 is 9.53 Å². The number of hydrogen-bond donors (Lipinski definition) is 0. The molecule has 9 nitrogen and oxygen atoms in total. The predicted molar refractivity (Wildman–Crippen MR) is 103 cm³/mol. The second kappa shape index (κ2) is 8.17. The van der Waals surface area contributed by atoms with E-state index in [1.54, 1.807) is 16.0 Å². The fraction of sp³-hybridized carbons (Fsp3) is 0.556. The van der Waals surface area contributed by atoms with E-state index in [1.165, 1.54) is 22.2 Å². The molecule has 28 heavy (non-hydrogen) atoms. The molecule has 1 aliphatic rings. The number of hydrogen-bond acceptors (Lipinski definition) is 8. The zero-order valence-corrected chi connectivity index (χ0v) is 16.6. The van der Waals surface area contributed by atoms with Crippen LogP contribution in [0.5, 0.6) is 0 Å². The third-order valence-electron chi connectivity index (χ3n) is 4.90. The standard InChI is InChI=1S/C18H22N6O3S/c1-2-8-24-14(20-21-22-24)10-27-15(25)7-9-23-11-19-17-16(18(23)26)12-5-3-4-6-13(12)28-17/h11H,2-10H2,1H3. The topological polar surface area (TPSA) is 105 Å². The molecule has 0 amide bonds. The second-order valence-electron chi connectivity index (χ2n) is 6.86. The van der Waals surface area contributed by atoms with Gasteiger partial charge in [-0.2, -0.15) is 0 Å². The molecular weight excluding hydrogens is 380 g/mol. The summed E-state index contributed by atoms with van der Waals surface area (Å²) in [6, 6.07) is 0. The third-order valence-corrected chi connectivity index (χ3v) is 6.10. The number of nitrogens with zero attached hydrogens (tertiary/aromatic N) is 6. The van der Waals surface area contributed by atoms with Crippen LogP contribution in [0.1, 0.15) is 48.9 Å². The summed E-state index contributed by atoms with van der Waals surface area (Å²) < 4.78 is 8.39. The van der Waals surface area contributed by atoms with Gasteiger partial charge in [-0.05, 0) is 48.1 Å². The zero-order valence-electron chi connectivity index (χ0n) is 15.8. The van der Waals surface area contributed by atoms with Crippen LogP contribution in [0.4, 0.5) is 0 Å². The lowest BCUT2D eigenvalue weighted by molar-refractivity contribution is -0.145. The van der Waals surface area contributed by atoms with Crippen LogP contribution in [0, 0.1) is 0 Å². The minimum absolute atomic E-state index is 0.0239. The maximum absolute atomic E-state index is 12.9. The summed E-state index contributed by atoms with van der Waals surface area (Å²) in [5.41, 5.74) is 1.09. The van der Waals surface area contributed by atoms with Gasteiger partial charge in [-0.1, -0.05) is 6.92 Å². The Hall–Kier alpha value is -2.62. The molecule has 0 aliphatic heterocycles.